The van der Waals surface area contributed by atoms with Crippen LogP contribution < -0.4 is 0 Å². The van der Waals surface area contributed by atoms with Gasteiger partial charge in [-0.05, 0) is 38.9 Å². The summed E-state index contributed by atoms with van der Waals surface area (Å²) in [6, 6.07) is 34.6. The second-order valence-corrected chi connectivity index (χ2v) is 9.51. The smallest absolute Gasteiger partial charge is 0.234 e. The van der Waals surface area contributed by atoms with E-state index in [4.69, 9.17) is 9.97 Å². The van der Waals surface area contributed by atoms with Crippen LogP contribution in [0.5, 0.6) is 0 Å². The average Bonchev–Trinajstić information content (AvgIpc) is 3.54. The zero-order valence-corrected chi connectivity index (χ0v) is 19.5. The molecule has 0 N–H and O–H groups in total. The highest BCUT2D eigenvalue weighted by atomic mass is 15.1. The minimum atomic E-state index is 0.699. The number of aromatic nitrogens is 3. The molecule has 0 saturated heterocycles. The lowest BCUT2D eigenvalue weighted by atomic mass is 9.82. The zero-order valence-electron chi connectivity index (χ0n) is 19.5. The molecule has 0 radical (unpaired) electrons. The molecular formula is C33H21N3. The monoisotopic (exact) mass is 459 g/mol. The number of rotatable bonds is 1. The maximum absolute atomic E-state index is 5.06. The molecule has 3 heteroatoms. The Kier molecular flexibility index (Phi) is 4.00. The SMILES string of the molecule is c1ccc2c(c1)Cc1cnc(-n3cc4c(c3)-c3ccccc3-c3ccccc3-c3ccccc3-4)nc1-2. The number of hydrogen-bond acceptors (Lipinski definition) is 2. The van der Waals surface area contributed by atoms with Crippen LogP contribution in [0.25, 0.3) is 61.7 Å². The molecular weight excluding hydrogens is 438 g/mol. The summed E-state index contributed by atoms with van der Waals surface area (Å²) in [5.74, 6) is 0.699. The van der Waals surface area contributed by atoms with Gasteiger partial charge in [0, 0.05) is 47.3 Å². The Morgan fingerprint density at radius 3 is 1.44 bits per heavy atom. The molecule has 8 rings (SSSR count). The molecule has 0 unspecified atom stereocenters. The van der Waals surface area contributed by atoms with Crippen molar-refractivity contribution in [2.75, 3.05) is 0 Å². The van der Waals surface area contributed by atoms with Gasteiger partial charge in [0.25, 0.3) is 0 Å². The van der Waals surface area contributed by atoms with Crippen molar-refractivity contribution in [3.8, 4) is 61.7 Å². The lowest BCUT2D eigenvalue weighted by Crippen LogP contribution is -2.00. The van der Waals surface area contributed by atoms with Crippen molar-refractivity contribution in [3.05, 3.63) is 127 Å². The highest BCUT2D eigenvalue weighted by Gasteiger charge is 2.25. The van der Waals surface area contributed by atoms with Gasteiger partial charge in [0.2, 0.25) is 5.95 Å². The first-order valence-corrected chi connectivity index (χ1v) is 12.3. The second kappa shape index (κ2) is 7.37. The molecule has 0 saturated carbocycles. The topological polar surface area (TPSA) is 30.7 Å². The largest absolute Gasteiger partial charge is 0.291 e. The van der Waals surface area contributed by atoms with Gasteiger partial charge in [-0.25, -0.2) is 9.97 Å². The van der Waals surface area contributed by atoms with Gasteiger partial charge in [0.05, 0.1) is 5.69 Å². The third-order valence-electron chi connectivity index (χ3n) is 7.50. The lowest BCUT2D eigenvalue weighted by Gasteiger charge is -2.20. The van der Waals surface area contributed by atoms with E-state index in [1.54, 1.807) is 0 Å². The summed E-state index contributed by atoms with van der Waals surface area (Å²) in [5.41, 5.74) is 14.6. The van der Waals surface area contributed by atoms with E-state index in [0.29, 0.717) is 5.95 Å². The second-order valence-electron chi connectivity index (χ2n) is 9.51. The number of benzene rings is 4. The van der Waals surface area contributed by atoms with Crippen LogP contribution >= 0.6 is 0 Å². The molecule has 2 heterocycles. The molecule has 6 aromatic rings. The minimum absolute atomic E-state index is 0.699. The van der Waals surface area contributed by atoms with E-state index >= 15 is 0 Å². The maximum Gasteiger partial charge on any atom is 0.234 e. The summed E-state index contributed by atoms with van der Waals surface area (Å²) in [6.45, 7) is 0. The van der Waals surface area contributed by atoms with Crippen molar-refractivity contribution in [1.29, 1.82) is 0 Å². The van der Waals surface area contributed by atoms with E-state index in [2.05, 4.69) is 114 Å². The van der Waals surface area contributed by atoms with Crippen LogP contribution in [0.2, 0.25) is 0 Å². The van der Waals surface area contributed by atoms with Gasteiger partial charge >= 0.3 is 0 Å². The summed E-state index contributed by atoms with van der Waals surface area (Å²) in [7, 11) is 0. The van der Waals surface area contributed by atoms with Crippen LogP contribution in [-0.2, 0) is 6.42 Å². The summed E-state index contributed by atoms with van der Waals surface area (Å²) in [6.07, 6.45) is 7.28. The van der Waals surface area contributed by atoms with Gasteiger partial charge in [-0.15, -0.1) is 0 Å². The highest BCUT2D eigenvalue weighted by Crippen LogP contribution is 2.48. The predicted molar refractivity (Wildman–Crippen MR) is 145 cm³/mol. The Morgan fingerprint density at radius 2 is 0.917 bits per heavy atom. The van der Waals surface area contributed by atoms with Gasteiger partial charge in [0.15, 0.2) is 0 Å². The van der Waals surface area contributed by atoms with Crippen LogP contribution in [-0.4, -0.2) is 14.5 Å². The molecule has 0 fully saturated rings. The zero-order chi connectivity index (χ0) is 23.6. The molecule has 0 spiro atoms. The molecule has 4 aromatic carbocycles. The Hall–Kier alpha value is -4.76. The van der Waals surface area contributed by atoms with Crippen molar-refractivity contribution in [1.82, 2.24) is 14.5 Å². The fourth-order valence-corrected chi connectivity index (χ4v) is 5.85. The molecule has 0 bridgehead atoms. The number of hydrogen-bond donors (Lipinski definition) is 0. The quantitative estimate of drug-likeness (QED) is 0.250. The normalized spacial score (nSPS) is 12.3. The maximum atomic E-state index is 5.06. The van der Waals surface area contributed by atoms with E-state index in [9.17, 15) is 0 Å². The Balaban J connectivity index is 1.39. The van der Waals surface area contributed by atoms with Crippen molar-refractivity contribution >= 4 is 0 Å². The first-order valence-electron chi connectivity index (χ1n) is 12.3. The summed E-state index contributed by atoms with van der Waals surface area (Å²) < 4.78 is 2.09. The van der Waals surface area contributed by atoms with E-state index < -0.39 is 0 Å². The first kappa shape index (κ1) is 19.5. The number of nitrogens with zero attached hydrogens (tertiary/aromatic N) is 3. The number of fused-ring (bicyclic) bond motifs is 11. The molecule has 168 valence electrons. The van der Waals surface area contributed by atoms with Crippen LogP contribution in [0.4, 0.5) is 0 Å². The molecule has 2 aliphatic carbocycles. The van der Waals surface area contributed by atoms with Crippen molar-refractivity contribution < 1.29 is 0 Å². The Bertz CT molecular complexity index is 1740. The van der Waals surface area contributed by atoms with E-state index in [1.807, 2.05) is 6.20 Å². The van der Waals surface area contributed by atoms with Crippen LogP contribution in [0.15, 0.2) is 116 Å². The standard InChI is InChI=1S/C33H21N3/c1-2-10-23-21(9-1)17-22-18-34-33(35-32(22)23)36-19-30-28-15-7-5-13-26(28)24-11-3-4-12-25(24)27-14-6-8-16-29(27)31(30)20-36/h1-16,18-20H,17H2. The third-order valence-corrected chi connectivity index (χ3v) is 7.50. The molecule has 0 atom stereocenters. The minimum Gasteiger partial charge on any atom is -0.291 e. The summed E-state index contributed by atoms with van der Waals surface area (Å²) in [4.78, 5) is 9.86. The Labute approximate surface area is 209 Å². The fourth-order valence-electron chi connectivity index (χ4n) is 5.85. The van der Waals surface area contributed by atoms with Crippen molar-refractivity contribution in [3.63, 3.8) is 0 Å². The molecule has 36 heavy (non-hydrogen) atoms. The molecule has 0 aliphatic heterocycles. The summed E-state index contributed by atoms with van der Waals surface area (Å²) in [5, 5.41) is 0. The lowest BCUT2D eigenvalue weighted by molar-refractivity contribution is 0.932. The van der Waals surface area contributed by atoms with Crippen molar-refractivity contribution in [2.24, 2.45) is 0 Å². The van der Waals surface area contributed by atoms with Gasteiger partial charge in [0.1, 0.15) is 0 Å². The van der Waals surface area contributed by atoms with E-state index in [-0.39, 0.29) is 0 Å². The average molecular weight is 460 g/mol. The van der Waals surface area contributed by atoms with Gasteiger partial charge in [-0.1, -0.05) is 97.1 Å². The van der Waals surface area contributed by atoms with E-state index in [0.717, 1.165) is 12.1 Å². The van der Waals surface area contributed by atoms with E-state index in [1.165, 1.54) is 61.2 Å². The van der Waals surface area contributed by atoms with Gasteiger partial charge in [-0.2, -0.15) is 0 Å². The molecule has 2 aliphatic rings. The van der Waals surface area contributed by atoms with Crippen LogP contribution in [0.1, 0.15) is 11.1 Å². The van der Waals surface area contributed by atoms with Crippen molar-refractivity contribution in [2.45, 2.75) is 6.42 Å². The molecule has 3 nitrogen and oxygen atoms in total. The predicted octanol–water partition coefficient (Wildman–Crippen LogP) is 7.82. The third kappa shape index (κ3) is 2.74. The van der Waals surface area contributed by atoms with Crippen LogP contribution in [0.3, 0.4) is 0 Å². The first-order chi connectivity index (χ1) is 17.8. The Morgan fingerprint density at radius 1 is 0.472 bits per heavy atom. The summed E-state index contributed by atoms with van der Waals surface area (Å²) >= 11 is 0. The molecule has 2 aromatic heterocycles. The fraction of sp³-hybridized carbons (Fsp3) is 0.0303. The van der Waals surface area contributed by atoms with Crippen LogP contribution in [0, 0.1) is 0 Å². The highest BCUT2D eigenvalue weighted by molar-refractivity contribution is 6.03. The van der Waals surface area contributed by atoms with Gasteiger partial charge < -0.3 is 0 Å². The molecule has 0 amide bonds. The van der Waals surface area contributed by atoms with Gasteiger partial charge in [-0.3, -0.25) is 4.57 Å².